The van der Waals surface area contributed by atoms with Crippen LogP contribution in [0.25, 0.3) is 0 Å². The van der Waals surface area contributed by atoms with Crippen LogP contribution in [0.4, 0.5) is 0 Å². The lowest BCUT2D eigenvalue weighted by Gasteiger charge is -2.41. The van der Waals surface area contributed by atoms with Crippen molar-refractivity contribution in [2.45, 2.75) is 64.8 Å². The highest BCUT2D eigenvalue weighted by molar-refractivity contribution is 5.44. The fraction of sp³-hybridized carbons (Fsp3) is 0.684. The van der Waals surface area contributed by atoms with Crippen molar-refractivity contribution >= 4 is 0 Å². The highest BCUT2D eigenvalue weighted by atomic mass is 16.5. The van der Waals surface area contributed by atoms with Gasteiger partial charge in [0.2, 0.25) is 0 Å². The third-order valence-corrected chi connectivity index (χ3v) is 4.87. The smallest absolute Gasteiger partial charge is 0.122 e. The normalized spacial score (nSPS) is 21.4. The average molecular weight is 289 g/mol. The van der Waals surface area contributed by atoms with Gasteiger partial charge in [0.15, 0.2) is 0 Å². The predicted octanol–water partition coefficient (Wildman–Crippen LogP) is 4.63. The van der Waals surface area contributed by atoms with E-state index >= 15 is 0 Å². The molecule has 0 aliphatic heterocycles. The molecule has 2 heteroatoms. The van der Waals surface area contributed by atoms with Crippen LogP contribution in [-0.4, -0.2) is 31.1 Å². The maximum absolute atomic E-state index is 5.58. The summed E-state index contributed by atoms with van der Waals surface area (Å²) in [6.45, 7) is 9.39. The summed E-state index contributed by atoms with van der Waals surface area (Å²) in [5.74, 6) is 1.74. The van der Waals surface area contributed by atoms with Crippen molar-refractivity contribution in [3.63, 3.8) is 0 Å². The van der Waals surface area contributed by atoms with Crippen LogP contribution in [0.1, 0.15) is 63.5 Å². The van der Waals surface area contributed by atoms with Gasteiger partial charge in [-0.15, -0.1) is 0 Å². The molecule has 0 aromatic heterocycles. The molecule has 0 heterocycles. The van der Waals surface area contributed by atoms with Crippen molar-refractivity contribution < 1.29 is 4.74 Å². The molecule has 0 saturated carbocycles. The second-order valence-electron chi connectivity index (χ2n) is 6.18. The van der Waals surface area contributed by atoms with E-state index in [0.717, 1.165) is 12.2 Å². The van der Waals surface area contributed by atoms with Gasteiger partial charge in [0, 0.05) is 6.04 Å². The lowest BCUT2D eigenvalue weighted by Crippen LogP contribution is -2.43. The van der Waals surface area contributed by atoms with Gasteiger partial charge in [-0.05, 0) is 68.3 Å². The first kappa shape index (κ1) is 16.4. The predicted molar refractivity (Wildman–Crippen MR) is 90.3 cm³/mol. The van der Waals surface area contributed by atoms with Crippen molar-refractivity contribution in [1.82, 2.24) is 4.90 Å². The van der Waals surface area contributed by atoms with E-state index in [1.165, 1.54) is 49.9 Å². The first-order chi connectivity index (χ1) is 10.3. The van der Waals surface area contributed by atoms with Gasteiger partial charge in [-0.25, -0.2) is 0 Å². The first-order valence-corrected chi connectivity index (χ1v) is 8.66. The van der Waals surface area contributed by atoms with E-state index < -0.39 is 0 Å². The van der Waals surface area contributed by atoms with Crippen molar-refractivity contribution in [3.8, 4) is 5.75 Å². The zero-order chi connectivity index (χ0) is 15.2. The summed E-state index contributed by atoms with van der Waals surface area (Å²) in [5, 5.41) is 0. The number of nitrogens with zero attached hydrogens (tertiary/aromatic N) is 1. The lowest BCUT2D eigenvalue weighted by atomic mass is 9.76. The molecule has 0 spiro atoms. The van der Waals surface area contributed by atoms with Gasteiger partial charge >= 0.3 is 0 Å². The maximum atomic E-state index is 5.58. The first-order valence-electron chi connectivity index (χ1n) is 8.66. The number of hydrogen-bond acceptors (Lipinski definition) is 2. The van der Waals surface area contributed by atoms with Gasteiger partial charge in [-0.2, -0.15) is 0 Å². The Morgan fingerprint density at radius 2 is 1.86 bits per heavy atom. The zero-order valence-electron chi connectivity index (χ0n) is 14.2. The molecule has 0 N–H and O–H groups in total. The Balaban J connectivity index is 2.30. The van der Waals surface area contributed by atoms with Crippen LogP contribution in [-0.2, 0) is 6.42 Å². The summed E-state index contributed by atoms with van der Waals surface area (Å²) in [6, 6.07) is 7.30. The summed E-state index contributed by atoms with van der Waals surface area (Å²) < 4.78 is 5.58. The third kappa shape index (κ3) is 3.42. The van der Waals surface area contributed by atoms with Gasteiger partial charge in [0.1, 0.15) is 5.75 Å². The molecular formula is C19H31NO. The van der Waals surface area contributed by atoms with E-state index in [4.69, 9.17) is 4.74 Å². The number of methoxy groups -OCH3 is 1. The summed E-state index contributed by atoms with van der Waals surface area (Å²) >= 11 is 0. The van der Waals surface area contributed by atoms with E-state index in [1.807, 2.05) is 0 Å². The molecule has 0 fully saturated rings. The molecule has 2 nitrogen and oxygen atoms in total. The molecule has 2 atom stereocenters. The molecule has 21 heavy (non-hydrogen) atoms. The number of hydrogen-bond donors (Lipinski definition) is 0. The maximum Gasteiger partial charge on any atom is 0.122 e. The topological polar surface area (TPSA) is 12.5 Å². The molecular weight excluding hydrogens is 258 g/mol. The van der Waals surface area contributed by atoms with Gasteiger partial charge in [-0.1, -0.05) is 32.9 Å². The Morgan fingerprint density at radius 1 is 1.14 bits per heavy atom. The monoisotopic (exact) mass is 289 g/mol. The molecule has 1 aromatic carbocycles. The van der Waals surface area contributed by atoms with Crippen molar-refractivity contribution in [2.75, 3.05) is 20.2 Å². The van der Waals surface area contributed by atoms with E-state index in [0.29, 0.717) is 12.0 Å². The minimum atomic E-state index is 0.655. The van der Waals surface area contributed by atoms with Crippen LogP contribution in [0.5, 0.6) is 5.75 Å². The van der Waals surface area contributed by atoms with Crippen LogP contribution in [0.3, 0.4) is 0 Å². The summed E-state index contributed by atoms with van der Waals surface area (Å²) in [6.07, 6.45) is 6.14. The zero-order valence-corrected chi connectivity index (χ0v) is 14.2. The number of fused-ring (bicyclic) bond motifs is 1. The minimum absolute atomic E-state index is 0.655. The Morgan fingerprint density at radius 3 is 2.43 bits per heavy atom. The van der Waals surface area contributed by atoms with Gasteiger partial charge in [-0.3, -0.25) is 4.90 Å². The molecule has 1 aromatic rings. The third-order valence-electron chi connectivity index (χ3n) is 4.87. The van der Waals surface area contributed by atoms with Gasteiger partial charge in [0.05, 0.1) is 7.11 Å². The molecule has 2 rings (SSSR count). The van der Waals surface area contributed by atoms with E-state index in [1.54, 1.807) is 7.11 Å². The Kier molecular flexibility index (Phi) is 6.10. The average Bonchev–Trinajstić information content (AvgIpc) is 2.52. The fourth-order valence-electron chi connectivity index (χ4n) is 4.04. The van der Waals surface area contributed by atoms with E-state index in [-0.39, 0.29) is 0 Å². The number of benzene rings is 1. The molecule has 0 bridgehead atoms. The second-order valence-corrected chi connectivity index (χ2v) is 6.18. The number of ether oxygens (including phenoxy) is 1. The van der Waals surface area contributed by atoms with Crippen LogP contribution in [0.15, 0.2) is 18.2 Å². The second kappa shape index (κ2) is 7.84. The van der Waals surface area contributed by atoms with Crippen molar-refractivity contribution in [2.24, 2.45) is 0 Å². The molecule has 1 aliphatic rings. The van der Waals surface area contributed by atoms with E-state index in [2.05, 4.69) is 43.9 Å². The Hall–Kier alpha value is -1.02. The van der Waals surface area contributed by atoms with Crippen LogP contribution < -0.4 is 4.74 Å². The van der Waals surface area contributed by atoms with Gasteiger partial charge in [0.25, 0.3) is 0 Å². The molecule has 0 unspecified atom stereocenters. The highest BCUT2D eigenvalue weighted by Gasteiger charge is 2.33. The quantitative estimate of drug-likeness (QED) is 0.726. The van der Waals surface area contributed by atoms with Crippen LogP contribution >= 0.6 is 0 Å². The van der Waals surface area contributed by atoms with Crippen molar-refractivity contribution in [1.29, 1.82) is 0 Å². The highest BCUT2D eigenvalue weighted by Crippen LogP contribution is 2.40. The molecule has 0 radical (unpaired) electrons. The SMILES string of the molecule is CCCN(CCC)[C@H]1CCc2c(OC)cccc2[C@H]1CC. The summed E-state index contributed by atoms with van der Waals surface area (Å²) in [7, 11) is 1.79. The minimum Gasteiger partial charge on any atom is -0.496 e. The molecule has 118 valence electrons. The summed E-state index contributed by atoms with van der Waals surface area (Å²) in [5.41, 5.74) is 2.99. The Bertz CT molecular complexity index is 437. The standard InChI is InChI=1S/C19H31NO/c1-5-13-20(14-6-2)18-12-11-17-16(15(18)7-3)9-8-10-19(17)21-4/h8-10,15,18H,5-7,11-14H2,1-4H3/t15-,18+/m1/s1. The van der Waals surface area contributed by atoms with Crippen molar-refractivity contribution in [3.05, 3.63) is 29.3 Å². The van der Waals surface area contributed by atoms with E-state index in [9.17, 15) is 0 Å². The Labute approximate surface area is 130 Å². The van der Waals surface area contributed by atoms with Crippen LogP contribution in [0, 0.1) is 0 Å². The number of rotatable bonds is 7. The van der Waals surface area contributed by atoms with Gasteiger partial charge < -0.3 is 4.74 Å². The molecule has 1 aliphatic carbocycles. The van der Waals surface area contributed by atoms with Crippen LogP contribution in [0.2, 0.25) is 0 Å². The molecule has 0 amide bonds. The largest absolute Gasteiger partial charge is 0.496 e. The lowest BCUT2D eigenvalue weighted by molar-refractivity contribution is 0.151. The summed E-state index contributed by atoms with van der Waals surface area (Å²) in [4.78, 5) is 2.73. The molecule has 0 saturated heterocycles. The fourth-order valence-corrected chi connectivity index (χ4v) is 4.04.